The van der Waals surface area contributed by atoms with E-state index in [1.807, 2.05) is 0 Å². The number of Topliss-reactive ketones (excluding diaryl/α,β-unsaturated/α-hetero) is 1. The molecule has 0 aromatic carbocycles. The molecule has 0 radical (unpaired) electrons. The molecule has 2 rings (SSSR count). The fourth-order valence-corrected chi connectivity index (χ4v) is 2.90. The number of carbonyl (C=O) groups excluding carboxylic acids is 1. The van der Waals surface area contributed by atoms with Crippen LogP contribution in [0.2, 0.25) is 0 Å². The van der Waals surface area contributed by atoms with Gasteiger partial charge in [-0.1, -0.05) is 12.8 Å². The molecule has 0 unspecified atom stereocenters. The highest BCUT2D eigenvalue weighted by atomic mass is 32.1. The van der Waals surface area contributed by atoms with Crippen molar-refractivity contribution in [2.45, 2.75) is 44.6 Å². The van der Waals surface area contributed by atoms with Crippen LogP contribution in [0.5, 0.6) is 0 Å². The van der Waals surface area contributed by atoms with Gasteiger partial charge in [-0.05, 0) is 41.7 Å². The van der Waals surface area contributed by atoms with Crippen molar-refractivity contribution in [1.82, 2.24) is 5.32 Å². The van der Waals surface area contributed by atoms with Crippen molar-refractivity contribution in [1.29, 1.82) is 0 Å². The van der Waals surface area contributed by atoms with Crippen LogP contribution in [0, 0.1) is 0 Å². The summed E-state index contributed by atoms with van der Waals surface area (Å²) in [6.07, 6.45) is 6.71. The molecule has 1 heterocycles. The minimum absolute atomic E-state index is 0.345. The minimum Gasteiger partial charge on any atom is -0.307 e. The van der Waals surface area contributed by atoms with Crippen LogP contribution in [0.3, 0.4) is 0 Å². The molecule has 0 atom stereocenters. The average molecular weight is 237 g/mol. The summed E-state index contributed by atoms with van der Waals surface area (Å²) in [5, 5.41) is 7.55. The van der Waals surface area contributed by atoms with Crippen molar-refractivity contribution < 1.29 is 4.79 Å². The van der Waals surface area contributed by atoms with Gasteiger partial charge in [-0.15, -0.1) is 0 Å². The second kappa shape index (κ2) is 6.16. The van der Waals surface area contributed by atoms with Crippen molar-refractivity contribution in [3.05, 3.63) is 22.4 Å². The van der Waals surface area contributed by atoms with Gasteiger partial charge in [-0.3, -0.25) is 4.79 Å². The van der Waals surface area contributed by atoms with E-state index in [1.165, 1.54) is 31.2 Å². The van der Waals surface area contributed by atoms with E-state index in [1.54, 1.807) is 11.3 Å². The number of rotatable bonds is 6. The van der Waals surface area contributed by atoms with E-state index in [0.717, 1.165) is 6.42 Å². The van der Waals surface area contributed by atoms with Crippen LogP contribution in [-0.4, -0.2) is 18.4 Å². The zero-order valence-electron chi connectivity index (χ0n) is 9.58. The summed E-state index contributed by atoms with van der Waals surface area (Å²) in [6.45, 7) is 0.564. The monoisotopic (exact) mass is 237 g/mol. The average Bonchev–Trinajstić information content (AvgIpc) is 2.96. The Balaban J connectivity index is 1.60. The van der Waals surface area contributed by atoms with Crippen molar-refractivity contribution >= 4 is 17.1 Å². The molecule has 88 valence electrons. The van der Waals surface area contributed by atoms with Crippen LogP contribution < -0.4 is 5.32 Å². The van der Waals surface area contributed by atoms with Crippen LogP contribution in [-0.2, 0) is 11.2 Å². The Kier molecular flexibility index (Phi) is 4.55. The predicted octanol–water partition coefficient (Wildman–Crippen LogP) is 2.78. The van der Waals surface area contributed by atoms with Gasteiger partial charge in [0.15, 0.2) is 0 Å². The lowest BCUT2D eigenvalue weighted by atomic mass is 10.1. The topological polar surface area (TPSA) is 29.1 Å². The summed E-state index contributed by atoms with van der Waals surface area (Å²) in [5.74, 6) is 0.345. The largest absolute Gasteiger partial charge is 0.307 e. The highest BCUT2D eigenvalue weighted by Crippen LogP contribution is 2.17. The molecule has 1 saturated carbocycles. The fourth-order valence-electron chi connectivity index (χ4n) is 2.20. The fraction of sp³-hybridized carbons (Fsp3) is 0.615. The van der Waals surface area contributed by atoms with Gasteiger partial charge in [-0.25, -0.2) is 0 Å². The van der Waals surface area contributed by atoms with Gasteiger partial charge >= 0.3 is 0 Å². The summed E-state index contributed by atoms with van der Waals surface area (Å²) < 4.78 is 0. The Labute approximate surface area is 101 Å². The van der Waals surface area contributed by atoms with Gasteiger partial charge in [-0.2, -0.15) is 11.3 Å². The van der Waals surface area contributed by atoms with Gasteiger partial charge in [0.25, 0.3) is 0 Å². The van der Waals surface area contributed by atoms with Gasteiger partial charge < -0.3 is 5.32 Å². The molecule has 16 heavy (non-hydrogen) atoms. The molecule has 3 heteroatoms. The second-order valence-electron chi connectivity index (χ2n) is 4.53. The number of nitrogens with one attached hydrogen (secondary N) is 1. The van der Waals surface area contributed by atoms with Gasteiger partial charge in [0.05, 0.1) is 6.54 Å². The molecule has 0 bridgehead atoms. The molecule has 0 spiro atoms. The molecule has 1 aliphatic rings. The van der Waals surface area contributed by atoms with Crippen LogP contribution in [0.15, 0.2) is 16.8 Å². The molecule has 1 aromatic rings. The summed E-state index contributed by atoms with van der Waals surface area (Å²) in [5.41, 5.74) is 1.29. The summed E-state index contributed by atoms with van der Waals surface area (Å²) in [7, 11) is 0. The number of aryl methyl sites for hydroxylation is 1. The van der Waals surface area contributed by atoms with Gasteiger partial charge in [0, 0.05) is 12.5 Å². The first-order valence-corrected chi connectivity index (χ1v) is 7.05. The van der Waals surface area contributed by atoms with E-state index in [-0.39, 0.29) is 0 Å². The Morgan fingerprint density at radius 1 is 1.44 bits per heavy atom. The second-order valence-corrected chi connectivity index (χ2v) is 5.31. The molecule has 2 nitrogen and oxygen atoms in total. The summed E-state index contributed by atoms with van der Waals surface area (Å²) in [4.78, 5) is 11.6. The lowest BCUT2D eigenvalue weighted by molar-refractivity contribution is -0.118. The Hall–Kier alpha value is -0.670. The number of hydrogen-bond donors (Lipinski definition) is 1. The predicted molar refractivity (Wildman–Crippen MR) is 67.9 cm³/mol. The maximum Gasteiger partial charge on any atom is 0.146 e. The normalized spacial score (nSPS) is 16.8. The van der Waals surface area contributed by atoms with Crippen molar-refractivity contribution in [2.24, 2.45) is 0 Å². The zero-order valence-corrected chi connectivity index (χ0v) is 10.4. The summed E-state index contributed by atoms with van der Waals surface area (Å²) in [6, 6.07) is 2.70. The van der Waals surface area contributed by atoms with Crippen LogP contribution in [0.1, 0.15) is 37.7 Å². The first kappa shape index (κ1) is 11.8. The molecule has 1 N–H and O–H groups in total. The van der Waals surface area contributed by atoms with Crippen molar-refractivity contribution in [3.63, 3.8) is 0 Å². The first-order valence-electron chi connectivity index (χ1n) is 6.11. The maximum absolute atomic E-state index is 11.6. The number of thiophene rings is 1. The third kappa shape index (κ3) is 3.72. The SMILES string of the molecule is O=C(CCc1ccsc1)CNC1CCCC1. The molecule has 0 aliphatic heterocycles. The van der Waals surface area contributed by atoms with E-state index in [2.05, 4.69) is 22.1 Å². The summed E-state index contributed by atoms with van der Waals surface area (Å²) >= 11 is 1.70. The van der Waals surface area contributed by atoms with Gasteiger partial charge in [0.2, 0.25) is 0 Å². The van der Waals surface area contributed by atoms with E-state index >= 15 is 0 Å². The molecule has 1 aromatic heterocycles. The first-order chi connectivity index (χ1) is 7.84. The molecule has 1 aliphatic carbocycles. The smallest absolute Gasteiger partial charge is 0.146 e. The lowest BCUT2D eigenvalue weighted by Gasteiger charge is -2.10. The number of hydrogen-bond acceptors (Lipinski definition) is 3. The standard InChI is InChI=1S/C13H19NOS/c15-13(6-5-11-7-8-16-10-11)9-14-12-3-1-2-4-12/h7-8,10,12,14H,1-6,9H2. The van der Waals surface area contributed by atoms with Crippen molar-refractivity contribution in [3.8, 4) is 0 Å². The van der Waals surface area contributed by atoms with E-state index in [4.69, 9.17) is 0 Å². The molecular formula is C13H19NOS. The maximum atomic E-state index is 11.6. The van der Waals surface area contributed by atoms with E-state index in [0.29, 0.717) is 24.8 Å². The minimum atomic E-state index is 0.345. The molecular weight excluding hydrogens is 218 g/mol. The van der Waals surface area contributed by atoms with Gasteiger partial charge in [0.1, 0.15) is 5.78 Å². The van der Waals surface area contributed by atoms with E-state index in [9.17, 15) is 4.79 Å². The third-order valence-corrected chi connectivity index (χ3v) is 3.95. The Morgan fingerprint density at radius 2 is 2.25 bits per heavy atom. The molecule has 0 amide bonds. The molecule has 0 saturated heterocycles. The van der Waals surface area contributed by atoms with Crippen LogP contribution in [0.25, 0.3) is 0 Å². The number of carbonyl (C=O) groups is 1. The number of ketones is 1. The third-order valence-electron chi connectivity index (χ3n) is 3.22. The Morgan fingerprint density at radius 3 is 2.94 bits per heavy atom. The zero-order chi connectivity index (χ0) is 11.2. The van der Waals surface area contributed by atoms with Crippen molar-refractivity contribution in [2.75, 3.05) is 6.54 Å². The highest BCUT2D eigenvalue weighted by Gasteiger charge is 2.15. The lowest BCUT2D eigenvalue weighted by Crippen LogP contribution is -2.31. The Bertz CT molecular complexity index is 315. The highest BCUT2D eigenvalue weighted by molar-refractivity contribution is 7.07. The van der Waals surface area contributed by atoms with Crippen LogP contribution >= 0.6 is 11.3 Å². The van der Waals surface area contributed by atoms with Crippen LogP contribution in [0.4, 0.5) is 0 Å². The quantitative estimate of drug-likeness (QED) is 0.824. The van der Waals surface area contributed by atoms with E-state index < -0.39 is 0 Å². The molecule has 1 fully saturated rings.